The summed E-state index contributed by atoms with van der Waals surface area (Å²) in [6.07, 6.45) is 0. The molecule has 1 N–H and O–H groups in total. The Morgan fingerprint density at radius 3 is 2.33 bits per heavy atom. The Morgan fingerprint density at radius 2 is 1.67 bits per heavy atom. The number of rotatable bonds is 2. The lowest BCUT2D eigenvalue weighted by Gasteiger charge is -2.00. The minimum Gasteiger partial charge on any atom is -0.305 e. The molecule has 0 fully saturated rings. The Labute approximate surface area is 118 Å². The van der Waals surface area contributed by atoms with E-state index >= 15 is 0 Å². The number of amides is 2. The molecule has 0 radical (unpaired) electrons. The van der Waals surface area contributed by atoms with Gasteiger partial charge in [-0.2, -0.15) is 0 Å². The molecule has 4 nitrogen and oxygen atoms in total. The lowest BCUT2D eigenvalue weighted by molar-refractivity contribution is 0.258. The van der Waals surface area contributed by atoms with Gasteiger partial charge in [-0.05, 0) is 59.0 Å². The smallest absolute Gasteiger partial charge is 0.305 e. The quantitative estimate of drug-likeness (QED) is 0.624. The van der Waals surface area contributed by atoms with E-state index in [1.54, 1.807) is 12.1 Å². The summed E-state index contributed by atoms with van der Waals surface area (Å²) in [7, 11) is 0. The Balaban J connectivity index is 1.97. The molecule has 0 spiro atoms. The molecule has 5 heteroatoms. The van der Waals surface area contributed by atoms with Crippen molar-refractivity contribution in [3.63, 3.8) is 0 Å². The normalized spacial score (nSPS) is 10.5. The summed E-state index contributed by atoms with van der Waals surface area (Å²) >= 11 is 2.20. The van der Waals surface area contributed by atoms with Crippen molar-refractivity contribution in [3.8, 4) is 0 Å². The van der Waals surface area contributed by atoms with Crippen LogP contribution in [0, 0.1) is 3.57 Å². The highest BCUT2D eigenvalue weighted by Gasteiger charge is 1.99. The average Bonchev–Trinajstić information content (AvgIpc) is 2.40. The number of halogens is 1. The summed E-state index contributed by atoms with van der Waals surface area (Å²) in [6, 6.07) is 16.1. The molecule has 0 saturated carbocycles. The molecule has 2 rings (SSSR count). The van der Waals surface area contributed by atoms with Crippen molar-refractivity contribution in [2.24, 2.45) is 10.2 Å². The lowest BCUT2D eigenvalue weighted by atomic mass is 10.3. The Kier molecular flexibility index (Phi) is 4.40. The molecule has 0 aliphatic carbocycles. The number of nitrogens with zero attached hydrogens (tertiary/aromatic N) is 2. The van der Waals surface area contributed by atoms with Crippen molar-refractivity contribution in [2.75, 3.05) is 5.32 Å². The molecule has 2 aromatic carbocycles. The summed E-state index contributed by atoms with van der Waals surface area (Å²) in [6.45, 7) is 0. The molecule has 0 unspecified atom stereocenters. The second-order valence-electron chi connectivity index (χ2n) is 3.47. The van der Waals surface area contributed by atoms with Gasteiger partial charge >= 0.3 is 6.03 Å². The number of nitrogens with one attached hydrogen (secondary N) is 1. The average molecular weight is 351 g/mol. The van der Waals surface area contributed by atoms with E-state index in [-0.39, 0.29) is 0 Å². The monoisotopic (exact) mass is 351 g/mol. The molecule has 90 valence electrons. The fourth-order valence-electron chi connectivity index (χ4n) is 1.28. The van der Waals surface area contributed by atoms with Gasteiger partial charge in [-0.15, -0.1) is 5.11 Å². The zero-order chi connectivity index (χ0) is 12.8. The minimum absolute atomic E-state index is 0.486. The van der Waals surface area contributed by atoms with E-state index < -0.39 is 6.03 Å². The van der Waals surface area contributed by atoms with Gasteiger partial charge in [-0.3, -0.25) is 0 Å². The molecule has 0 bridgehead atoms. The minimum atomic E-state index is -0.486. The third-order valence-electron chi connectivity index (χ3n) is 2.11. The van der Waals surface area contributed by atoms with Crippen molar-refractivity contribution in [3.05, 3.63) is 58.2 Å². The summed E-state index contributed by atoms with van der Waals surface area (Å²) < 4.78 is 1.11. The first-order valence-corrected chi connectivity index (χ1v) is 6.35. The van der Waals surface area contributed by atoms with Gasteiger partial charge in [-0.25, -0.2) is 4.79 Å². The first kappa shape index (κ1) is 12.7. The summed E-state index contributed by atoms with van der Waals surface area (Å²) in [5, 5.41) is 10.1. The van der Waals surface area contributed by atoms with Crippen molar-refractivity contribution in [2.45, 2.75) is 0 Å². The summed E-state index contributed by atoms with van der Waals surface area (Å²) in [4.78, 5) is 11.5. The Morgan fingerprint density at radius 1 is 1.00 bits per heavy atom. The molecule has 2 amide bonds. The van der Waals surface area contributed by atoms with Crippen LogP contribution in [-0.4, -0.2) is 6.03 Å². The molecule has 0 atom stereocenters. The molecule has 0 aliphatic heterocycles. The van der Waals surface area contributed by atoms with Crippen molar-refractivity contribution >= 4 is 40.0 Å². The fourth-order valence-corrected chi connectivity index (χ4v) is 1.64. The summed E-state index contributed by atoms with van der Waals surface area (Å²) in [5.41, 5.74) is 1.35. The van der Waals surface area contributed by atoms with Gasteiger partial charge < -0.3 is 5.32 Å². The van der Waals surface area contributed by atoms with E-state index in [4.69, 9.17) is 0 Å². The molecule has 0 heterocycles. The number of azo groups is 1. The van der Waals surface area contributed by atoms with Gasteiger partial charge in [-0.1, -0.05) is 23.3 Å². The van der Waals surface area contributed by atoms with Gasteiger partial charge in [0.15, 0.2) is 0 Å². The standard InChI is InChI=1S/C13H10IN3O/c14-10-6-8-11(9-7-10)15-13(18)17-16-12-4-2-1-3-5-12/h1-9H,(H,15,18). The van der Waals surface area contributed by atoms with Gasteiger partial charge in [0.2, 0.25) is 0 Å². The lowest BCUT2D eigenvalue weighted by Crippen LogP contribution is -2.04. The van der Waals surface area contributed by atoms with Crippen LogP contribution in [0.5, 0.6) is 0 Å². The zero-order valence-electron chi connectivity index (χ0n) is 9.38. The highest BCUT2D eigenvalue weighted by molar-refractivity contribution is 14.1. The van der Waals surface area contributed by atoms with E-state index in [1.807, 2.05) is 42.5 Å². The first-order chi connectivity index (χ1) is 8.74. The molecule has 2 aromatic rings. The van der Waals surface area contributed by atoms with E-state index in [2.05, 4.69) is 38.1 Å². The number of urea groups is 1. The molecule has 0 aromatic heterocycles. The van der Waals surface area contributed by atoms with E-state index in [0.717, 1.165) is 3.57 Å². The van der Waals surface area contributed by atoms with Crippen LogP contribution < -0.4 is 5.32 Å². The van der Waals surface area contributed by atoms with Gasteiger partial charge in [0.1, 0.15) is 0 Å². The van der Waals surface area contributed by atoms with Gasteiger partial charge in [0.25, 0.3) is 0 Å². The molecule has 18 heavy (non-hydrogen) atoms. The van der Waals surface area contributed by atoms with Crippen LogP contribution >= 0.6 is 22.6 Å². The van der Waals surface area contributed by atoms with E-state index in [1.165, 1.54) is 0 Å². The molecular weight excluding hydrogens is 341 g/mol. The number of benzene rings is 2. The van der Waals surface area contributed by atoms with E-state index in [0.29, 0.717) is 11.4 Å². The number of carbonyl (C=O) groups is 1. The maximum atomic E-state index is 11.5. The van der Waals surface area contributed by atoms with Crippen LogP contribution in [0.3, 0.4) is 0 Å². The van der Waals surface area contributed by atoms with Crippen LogP contribution in [0.4, 0.5) is 16.2 Å². The maximum Gasteiger partial charge on any atom is 0.364 e. The fraction of sp³-hybridized carbons (Fsp3) is 0. The third kappa shape index (κ3) is 3.92. The second kappa shape index (κ2) is 6.25. The second-order valence-corrected chi connectivity index (χ2v) is 4.72. The van der Waals surface area contributed by atoms with Crippen molar-refractivity contribution in [1.29, 1.82) is 0 Å². The SMILES string of the molecule is O=C(N=Nc1ccccc1)Nc1ccc(I)cc1. The maximum absolute atomic E-state index is 11.5. The Hall–Kier alpha value is -1.76. The number of hydrogen-bond donors (Lipinski definition) is 1. The highest BCUT2D eigenvalue weighted by atomic mass is 127. The van der Waals surface area contributed by atoms with Crippen LogP contribution in [0.15, 0.2) is 64.8 Å². The van der Waals surface area contributed by atoms with Crippen LogP contribution in [0.1, 0.15) is 0 Å². The van der Waals surface area contributed by atoms with E-state index in [9.17, 15) is 4.79 Å². The predicted octanol–water partition coefficient (Wildman–Crippen LogP) is 4.61. The van der Waals surface area contributed by atoms with Crippen molar-refractivity contribution in [1.82, 2.24) is 0 Å². The number of anilines is 1. The largest absolute Gasteiger partial charge is 0.364 e. The third-order valence-corrected chi connectivity index (χ3v) is 2.83. The Bertz CT molecular complexity index is 552. The zero-order valence-corrected chi connectivity index (χ0v) is 11.5. The van der Waals surface area contributed by atoms with Gasteiger partial charge in [0.05, 0.1) is 5.69 Å². The highest BCUT2D eigenvalue weighted by Crippen LogP contribution is 2.13. The van der Waals surface area contributed by atoms with Crippen LogP contribution in [0.25, 0.3) is 0 Å². The number of carbonyl (C=O) groups excluding carboxylic acids is 1. The van der Waals surface area contributed by atoms with Gasteiger partial charge in [0, 0.05) is 9.26 Å². The summed E-state index contributed by atoms with van der Waals surface area (Å²) in [5.74, 6) is 0. The predicted molar refractivity (Wildman–Crippen MR) is 79.1 cm³/mol. The van der Waals surface area contributed by atoms with Crippen molar-refractivity contribution < 1.29 is 4.79 Å². The van der Waals surface area contributed by atoms with Crippen LogP contribution in [-0.2, 0) is 0 Å². The first-order valence-electron chi connectivity index (χ1n) is 5.27. The number of hydrogen-bond acceptors (Lipinski definition) is 2. The topological polar surface area (TPSA) is 53.8 Å². The molecular formula is C13H10IN3O. The molecule has 0 aliphatic rings. The van der Waals surface area contributed by atoms with Crippen LogP contribution in [0.2, 0.25) is 0 Å². The molecule has 0 saturated heterocycles.